The third-order valence-corrected chi connectivity index (χ3v) is 3.12. The zero-order chi connectivity index (χ0) is 14.4. The molecule has 0 saturated carbocycles. The van der Waals surface area contributed by atoms with Gasteiger partial charge in [-0.05, 0) is 42.2 Å². The maximum absolute atomic E-state index is 11.9. The lowest BCUT2D eigenvalue weighted by molar-refractivity contribution is -0.116. The number of amides is 1. The highest BCUT2D eigenvalue weighted by Gasteiger charge is 2.06. The fourth-order valence-electron chi connectivity index (χ4n) is 1.92. The van der Waals surface area contributed by atoms with Crippen LogP contribution in [0.15, 0.2) is 42.7 Å². The smallest absolute Gasteiger partial charge is 0.224 e. The van der Waals surface area contributed by atoms with Gasteiger partial charge in [0.2, 0.25) is 5.91 Å². The molecule has 1 aromatic heterocycles. The molecule has 0 atom stereocenters. The molecular weight excluding hydrogens is 252 g/mol. The van der Waals surface area contributed by atoms with Gasteiger partial charge in [0.15, 0.2) is 0 Å². The molecule has 2 N–H and O–H groups in total. The molecular formula is C16H18N2O2. The van der Waals surface area contributed by atoms with Crippen LogP contribution in [0.3, 0.4) is 0 Å². The van der Waals surface area contributed by atoms with E-state index in [4.69, 9.17) is 5.11 Å². The van der Waals surface area contributed by atoms with E-state index < -0.39 is 0 Å². The Hall–Kier alpha value is -2.20. The second-order valence-electron chi connectivity index (χ2n) is 4.72. The Kier molecular flexibility index (Phi) is 4.85. The number of aliphatic hydroxyl groups is 1. The van der Waals surface area contributed by atoms with E-state index in [0.29, 0.717) is 12.8 Å². The number of aliphatic hydroxyl groups excluding tert-OH is 1. The molecule has 104 valence electrons. The van der Waals surface area contributed by atoms with Crippen LogP contribution in [0.1, 0.15) is 23.1 Å². The van der Waals surface area contributed by atoms with E-state index in [2.05, 4.69) is 10.3 Å². The van der Waals surface area contributed by atoms with Crippen molar-refractivity contribution in [3.63, 3.8) is 0 Å². The van der Waals surface area contributed by atoms with Crippen molar-refractivity contribution in [3.05, 3.63) is 59.4 Å². The van der Waals surface area contributed by atoms with Crippen molar-refractivity contribution in [1.82, 2.24) is 4.98 Å². The quantitative estimate of drug-likeness (QED) is 0.877. The van der Waals surface area contributed by atoms with Crippen molar-refractivity contribution >= 4 is 11.6 Å². The van der Waals surface area contributed by atoms with Gasteiger partial charge < -0.3 is 10.4 Å². The van der Waals surface area contributed by atoms with E-state index in [9.17, 15) is 4.79 Å². The topological polar surface area (TPSA) is 62.2 Å². The Balaban J connectivity index is 1.94. The zero-order valence-corrected chi connectivity index (χ0v) is 11.5. The molecule has 0 aliphatic carbocycles. The fraction of sp³-hybridized carbons (Fsp3) is 0.250. The van der Waals surface area contributed by atoms with E-state index in [-0.39, 0.29) is 12.5 Å². The average Bonchev–Trinajstić information content (AvgIpc) is 2.48. The van der Waals surface area contributed by atoms with Crippen molar-refractivity contribution in [2.45, 2.75) is 26.4 Å². The molecule has 0 spiro atoms. The number of aryl methyl sites for hydroxylation is 2. The van der Waals surface area contributed by atoms with Crippen molar-refractivity contribution in [1.29, 1.82) is 0 Å². The summed E-state index contributed by atoms with van der Waals surface area (Å²) in [6.07, 6.45) is 4.56. The Morgan fingerprint density at radius 3 is 2.85 bits per heavy atom. The van der Waals surface area contributed by atoms with Crippen molar-refractivity contribution in [3.8, 4) is 0 Å². The minimum absolute atomic E-state index is 0.0289. The highest BCUT2D eigenvalue weighted by molar-refractivity contribution is 5.91. The van der Waals surface area contributed by atoms with Crippen LogP contribution in [-0.2, 0) is 17.8 Å². The third kappa shape index (κ3) is 3.90. The molecule has 0 aliphatic rings. The first-order chi connectivity index (χ1) is 9.69. The minimum Gasteiger partial charge on any atom is -0.392 e. The van der Waals surface area contributed by atoms with Crippen molar-refractivity contribution < 1.29 is 9.90 Å². The van der Waals surface area contributed by atoms with Gasteiger partial charge in [0, 0.05) is 24.5 Å². The summed E-state index contributed by atoms with van der Waals surface area (Å²) < 4.78 is 0. The number of hydrogen-bond donors (Lipinski definition) is 2. The molecule has 1 amide bonds. The van der Waals surface area contributed by atoms with Gasteiger partial charge in [0.05, 0.1) is 6.61 Å². The summed E-state index contributed by atoms with van der Waals surface area (Å²) in [5.74, 6) is -0.0351. The average molecular weight is 270 g/mol. The molecule has 0 radical (unpaired) electrons. The number of nitrogens with one attached hydrogen (secondary N) is 1. The summed E-state index contributed by atoms with van der Waals surface area (Å²) in [7, 11) is 0. The normalized spacial score (nSPS) is 10.3. The number of nitrogens with zero attached hydrogens (tertiary/aromatic N) is 1. The van der Waals surface area contributed by atoms with E-state index in [0.717, 1.165) is 22.4 Å². The summed E-state index contributed by atoms with van der Waals surface area (Å²) in [4.78, 5) is 16.0. The lowest BCUT2D eigenvalue weighted by Gasteiger charge is -2.10. The molecule has 20 heavy (non-hydrogen) atoms. The van der Waals surface area contributed by atoms with Crippen LogP contribution in [0.2, 0.25) is 0 Å². The number of hydrogen-bond acceptors (Lipinski definition) is 3. The summed E-state index contributed by atoms with van der Waals surface area (Å²) in [5.41, 5.74) is 3.58. The maximum Gasteiger partial charge on any atom is 0.224 e. The molecule has 4 nitrogen and oxygen atoms in total. The standard InChI is InChI=1S/C16H18N2O2/c1-12-4-5-14(11-19)9-15(12)18-16(20)7-6-13-3-2-8-17-10-13/h2-5,8-10,19H,6-7,11H2,1H3,(H,18,20). The van der Waals surface area contributed by atoms with Crippen LogP contribution in [0.4, 0.5) is 5.69 Å². The second kappa shape index (κ2) is 6.82. The van der Waals surface area contributed by atoms with Gasteiger partial charge in [-0.15, -0.1) is 0 Å². The van der Waals surface area contributed by atoms with Gasteiger partial charge in [0.25, 0.3) is 0 Å². The van der Waals surface area contributed by atoms with Gasteiger partial charge in [0.1, 0.15) is 0 Å². The molecule has 0 saturated heterocycles. The fourth-order valence-corrected chi connectivity index (χ4v) is 1.92. The first kappa shape index (κ1) is 14.2. The van der Waals surface area contributed by atoms with E-state index in [1.165, 1.54) is 0 Å². The first-order valence-electron chi connectivity index (χ1n) is 6.58. The predicted octanol–water partition coefficient (Wildman–Crippen LogP) is 2.45. The first-order valence-corrected chi connectivity index (χ1v) is 6.58. The SMILES string of the molecule is Cc1ccc(CO)cc1NC(=O)CCc1cccnc1. The predicted molar refractivity (Wildman–Crippen MR) is 78.3 cm³/mol. The van der Waals surface area contributed by atoms with E-state index >= 15 is 0 Å². The number of carbonyl (C=O) groups excluding carboxylic acids is 1. The molecule has 0 bridgehead atoms. The minimum atomic E-state index is -0.0351. The molecule has 1 heterocycles. The summed E-state index contributed by atoms with van der Waals surface area (Å²) in [5, 5.41) is 12.0. The van der Waals surface area contributed by atoms with Crippen LogP contribution in [0, 0.1) is 6.92 Å². The van der Waals surface area contributed by atoms with Gasteiger partial charge in [-0.1, -0.05) is 18.2 Å². The molecule has 0 fully saturated rings. The Morgan fingerprint density at radius 2 is 2.15 bits per heavy atom. The number of pyridine rings is 1. The number of anilines is 1. The molecule has 2 aromatic rings. The number of rotatable bonds is 5. The Morgan fingerprint density at radius 1 is 1.30 bits per heavy atom. The van der Waals surface area contributed by atoms with Crippen molar-refractivity contribution in [2.24, 2.45) is 0 Å². The number of aromatic nitrogens is 1. The summed E-state index contributed by atoms with van der Waals surface area (Å²) in [6.45, 7) is 1.90. The lowest BCUT2D eigenvalue weighted by Crippen LogP contribution is -2.13. The molecule has 2 rings (SSSR count). The Bertz CT molecular complexity index is 582. The highest BCUT2D eigenvalue weighted by Crippen LogP contribution is 2.17. The Labute approximate surface area is 118 Å². The van der Waals surface area contributed by atoms with Gasteiger partial charge in [-0.2, -0.15) is 0 Å². The summed E-state index contributed by atoms with van der Waals surface area (Å²) in [6, 6.07) is 9.36. The van der Waals surface area contributed by atoms with Crippen molar-refractivity contribution in [2.75, 3.05) is 5.32 Å². The molecule has 4 heteroatoms. The molecule has 0 unspecified atom stereocenters. The number of benzene rings is 1. The lowest BCUT2D eigenvalue weighted by atomic mass is 10.1. The van der Waals surface area contributed by atoms with E-state index in [1.54, 1.807) is 18.5 Å². The zero-order valence-electron chi connectivity index (χ0n) is 11.5. The van der Waals surface area contributed by atoms with Crippen LogP contribution < -0.4 is 5.32 Å². The van der Waals surface area contributed by atoms with Crippen LogP contribution in [-0.4, -0.2) is 16.0 Å². The maximum atomic E-state index is 11.9. The third-order valence-electron chi connectivity index (χ3n) is 3.12. The molecule has 1 aromatic carbocycles. The second-order valence-corrected chi connectivity index (χ2v) is 4.72. The monoisotopic (exact) mass is 270 g/mol. The largest absolute Gasteiger partial charge is 0.392 e. The van der Waals surface area contributed by atoms with Crippen LogP contribution in [0.5, 0.6) is 0 Å². The van der Waals surface area contributed by atoms with Crippen LogP contribution in [0.25, 0.3) is 0 Å². The summed E-state index contributed by atoms with van der Waals surface area (Å²) >= 11 is 0. The van der Waals surface area contributed by atoms with Gasteiger partial charge in [-0.25, -0.2) is 0 Å². The van der Waals surface area contributed by atoms with Gasteiger partial charge >= 0.3 is 0 Å². The number of carbonyl (C=O) groups is 1. The van der Waals surface area contributed by atoms with Crippen LogP contribution >= 0.6 is 0 Å². The van der Waals surface area contributed by atoms with E-state index in [1.807, 2.05) is 31.2 Å². The van der Waals surface area contributed by atoms with Gasteiger partial charge in [-0.3, -0.25) is 9.78 Å². The molecule has 0 aliphatic heterocycles. The highest BCUT2D eigenvalue weighted by atomic mass is 16.3.